The Morgan fingerprint density at radius 1 is 1.18 bits per heavy atom. The van der Waals surface area contributed by atoms with Gasteiger partial charge in [0.25, 0.3) is 0 Å². The number of rotatable bonds is 7. The first-order valence-electron chi connectivity index (χ1n) is 7.03. The van der Waals surface area contributed by atoms with E-state index in [4.69, 9.17) is 4.74 Å². The Kier molecular flexibility index (Phi) is 6.21. The van der Waals surface area contributed by atoms with Gasteiger partial charge in [-0.2, -0.15) is 0 Å². The van der Waals surface area contributed by atoms with Crippen molar-refractivity contribution in [2.45, 2.75) is 19.0 Å². The fourth-order valence-electron chi connectivity index (χ4n) is 1.82. The molecule has 22 heavy (non-hydrogen) atoms. The predicted octanol–water partition coefficient (Wildman–Crippen LogP) is 2.38. The number of ether oxygens (including phenoxy) is 1. The van der Waals surface area contributed by atoms with E-state index in [1.807, 2.05) is 50.2 Å². The minimum atomic E-state index is -0.0515. The number of para-hydroxylation sites is 1. The summed E-state index contributed by atoms with van der Waals surface area (Å²) in [5.74, 6) is 1.05. The SMILES string of the molecule is Cc1cc(C)nc(SCC(=O)NCCOc2ccccc2)n1. The quantitative estimate of drug-likeness (QED) is 0.482. The van der Waals surface area contributed by atoms with Crippen molar-refractivity contribution in [3.8, 4) is 5.75 Å². The Hall–Kier alpha value is -2.08. The number of aryl methyl sites for hydroxylation is 2. The molecule has 2 aromatic rings. The summed E-state index contributed by atoms with van der Waals surface area (Å²) in [6, 6.07) is 11.4. The van der Waals surface area contributed by atoms with E-state index in [0.29, 0.717) is 24.1 Å². The van der Waals surface area contributed by atoms with Gasteiger partial charge in [-0.25, -0.2) is 9.97 Å². The van der Waals surface area contributed by atoms with Gasteiger partial charge in [0.05, 0.1) is 12.3 Å². The lowest BCUT2D eigenvalue weighted by atomic mass is 10.3. The molecule has 116 valence electrons. The third-order valence-corrected chi connectivity index (χ3v) is 3.58. The van der Waals surface area contributed by atoms with Crippen LogP contribution in [0.2, 0.25) is 0 Å². The monoisotopic (exact) mass is 317 g/mol. The summed E-state index contributed by atoms with van der Waals surface area (Å²) in [6.45, 7) is 4.75. The van der Waals surface area contributed by atoms with Crippen LogP contribution in [-0.2, 0) is 4.79 Å². The Bertz CT molecular complexity index is 600. The zero-order valence-electron chi connectivity index (χ0n) is 12.7. The molecule has 1 aromatic heterocycles. The minimum absolute atomic E-state index is 0.0515. The fraction of sp³-hybridized carbons (Fsp3) is 0.312. The molecule has 0 bridgehead atoms. The van der Waals surface area contributed by atoms with Crippen LogP contribution in [0.15, 0.2) is 41.6 Å². The number of nitrogens with one attached hydrogen (secondary N) is 1. The largest absolute Gasteiger partial charge is 0.492 e. The molecule has 5 nitrogen and oxygen atoms in total. The van der Waals surface area contributed by atoms with E-state index in [0.717, 1.165) is 17.1 Å². The van der Waals surface area contributed by atoms with Crippen LogP contribution in [0.25, 0.3) is 0 Å². The highest BCUT2D eigenvalue weighted by Crippen LogP contribution is 2.13. The van der Waals surface area contributed by atoms with Gasteiger partial charge in [-0.15, -0.1) is 0 Å². The van der Waals surface area contributed by atoms with Crippen molar-refractivity contribution < 1.29 is 9.53 Å². The van der Waals surface area contributed by atoms with Gasteiger partial charge < -0.3 is 10.1 Å². The van der Waals surface area contributed by atoms with Gasteiger partial charge in [0, 0.05) is 11.4 Å². The number of amides is 1. The van der Waals surface area contributed by atoms with Gasteiger partial charge >= 0.3 is 0 Å². The van der Waals surface area contributed by atoms with Crippen molar-refractivity contribution in [3.05, 3.63) is 47.8 Å². The van der Waals surface area contributed by atoms with Crippen molar-refractivity contribution in [1.29, 1.82) is 0 Å². The Morgan fingerprint density at radius 2 is 1.86 bits per heavy atom. The van der Waals surface area contributed by atoms with E-state index in [2.05, 4.69) is 15.3 Å². The van der Waals surface area contributed by atoms with Gasteiger partial charge in [-0.1, -0.05) is 30.0 Å². The Morgan fingerprint density at radius 3 is 2.55 bits per heavy atom. The van der Waals surface area contributed by atoms with Crippen molar-refractivity contribution in [2.75, 3.05) is 18.9 Å². The highest BCUT2D eigenvalue weighted by Gasteiger charge is 2.05. The summed E-state index contributed by atoms with van der Waals surface area (Å²) in [5.41, 5.74) is 1.82. The lowest BCUT2D eigenvalue weighted by molar-refractivity contribution is -0.118. The number of hydrogen-bond donors (Lipinski definition) is 1. The minimum Gasteiger partial charge on any atom is -0.492 e. The lowest BCUT2D eigenvalue weighted by Crippen LogP contribution is -2.29. The molecule has 2 rings (SSSR count). The zero-order chi connectivity index (χ0) is 15.8. The van der Waals surface area contributed by atoms with Crippen LogP contribution in [0.4, 0.5) is 0 Å². The number of carbonyl (C=O) groups is 1. The smallest absolute Gasteiger partial charge is 0.230 e. The standard InChI is InChI=1S/C16H19N3O2S/c1-12-10-13(2)19-16(18-12)22-11-15(20)17-8-9-21-14-6-4-3-5-7-14/h3-7,10H,8-9,11H2,1-2H3,(H,17,20). The molecule has 0 radical (unpaired) electrons. The summed E-state index contributed by atoms with van der Waals surface area (Å²) < 4.78 is 5.50. The maximum atomic E-state index is 11.8. The van der Waals surface area contributed by atoms with Gasteiger partial charge in [0.1, 0.15) is 12.4 Å². The van der Waals surface area contributed by atoms with Crippen LogP contribution in [0.3, 0.4) is 0 Å². The van der Waals surface area contributed by atoms with E-state index in [1.165, 1.54) is 11.8 Å². The number of nitrogens with zero attached hydrogens (tertiary/aromatic N) is 2. The number of aromatic nitrogens is 2. The third-order valence-electron chi connectivity index (χ3n) is 2.73. The van der Waals surface area contributed by atoms with Crippen LogP contribution >= 0.6 is 11.8 Å². The average Bonchev–Trinajstić information content (AvgIpc) is 2.50. The van der Waals surface area contributed by atoms with Crippen LogP contribution in [0.1, 0.15) is 11.4 Å². The highest BCUT2D eigenvalue weighted by molar-refractivity contribution is 7.99. The first-order valence-corrected chi connectivity index (χ1v) is 8.01. The molecule has 0 aliphatic carbocycles. The highest BCUT2D eigenvalue weighted by atomic mass is 32.2. The molecule has 0 saturated heterocycles. The average molecular weight is 317 g/mol. The first kappa shape index (κ1) is 16.3. The van der Waals surface area contributed by atoms with Crippen molar-refractivity contribution in [3.63, 3.8) is 0 Å². The van der Waals surface area contributed by atoms with Crippen LogP contribution in [0, 0.1) is 13.8 Å². The molecule has 1 aromatic carbocycles. The molecule has 0 spiro atoms. The Balaban J connectivity index is 1.65. The number of carbonyl (C=O) groups excluding carboxylic acids is 1. The van der Waals surface area contributed by atoms with E-state index >= 15 is 0 Å². The molecular formula is C16H19N3O2S. The summed E-state index contributed by atoms with van der Waals surface area (Å²) in [4.78, 5) is 20.3. The lowest BCUT2D eigenvalue weighted by Gasteiger charge is -2.07. The normalized spacial score (nSPS) is 10.3. The maximum absolute atomic E-state index is 11.8. The molecule has 1 heterocycles. The number of benzene rings is 1. The molecular weight excluding hydrogens is 298 g/mol. The van der Waals surface area contributed by atoms with Crippen LogP contribution in [0.5, 0.6) is 5.75 Å². The van der Waals surface area contributed by atoms with Crippen molar-refractivity contribution in [2.24, 2.45) is 0 Å². The molecule has 1 N–H and O–H groups in total. The van der Waals surface area contributed by atoms with Gasteiger partial charge in [-0.3, -0.25) is 4.79 Å². The molecule has 1 amide bonds. The van der Waals surface area contributed by atoms with E-state index in [9.17, 15) is 4.79 Å². The summed E-state index contributed by atoms with van der Waals surface area (Å²) >= 11 is 1.34. The molecule has 0 unspecified atom stereocenters. The number of thioether (sulfide) groups is 1. The zero-order valence-corrected chi connectivity index (χ0v) is 13.5. The van der Waals surface area contributed by atoms with E-state index in [1.54, 1.807) is 0 Å². The number of hydrogen-bond acceptors (Lipinski definition) is 5. The van der Waals surface area contributed by atoms with Crippen LogP contribution in [-0.4, -0.2) is 34.8 Å². The second-order valence-electron chi connectivity index (χ2n) is 4.73. The molecule has 0 aliphatic heterocycles. The van der Waals surface area contributed by atoms with Gasteiger partial charge in [-0.05, 0) is 32.0 Å². The van der Waals surface area contributed by atoms with Gasteiger partial charge in [0.15, 0.2) is 5.16 Å². The van der Waals surface area contributed by atoms with Crippen molar-refractivity contribution >= 4 is 17.7 Å². The first-order chi connectivity index (χ1) is 10.6. The summed E-state index contributed by atoms with van der Waals surface area (Å²) in [7, 11) is 0. The predicted molar refractivity (Wildman–Crippen MR) is 87.2 cm³/mol. The van der Waals surface area contributed by atoms with Gasteiger partial charge in [0.2, 0.25) is 5.91 Å². The maximum Gasteiger partial charge on any atom is 0.230 e. The summed E-state index contributed by atoms with van der Waals surface area (Å²) in [6.07, 6.45) is 0. The second-order valence-corrected chi connectivity index (χ2v) is 5.68. The van der Waals surface area contributed by atoms with E-state index in [-0.39, 0.29) is 5.91 Å². The molecule has 0 saturated carbocycles. The molecule has 6 heteroatoms. The Labute approximate surface area is 134 Å². The molecule has 0 atom stereocenters. The second kappa shape index (κ2) is 8.38. The topological polar surface area (TPSA) is 64.1 Å². The van der Waals surface area contributed by atoms with E-state index < -0.39 is 0 Å². The van der Waals surface area contributed by atoms with Crippen LogP contribution < -0.4 is 10.1 Å². The fourth-order valence-corrected chi connectivity index (χ4v) is 2.59. The molecule has 0 fully saturated rings. The molecule has 0 aliphatic rings. The summed E-state index contributed by atoms with van der Waals surface area (Å²) in [5, 5.41) is 3.44. The third kappa shape index (κ3) is 5.73. The van der Waals surface area contributed by atoms with Crippen molar-refractivity contribution in [1.82, 2.24) is 15.3 Å².